The lowest BCUT2D eigenvalue weighted by atomic mass is 9.99. The number of hydrogen-bond acceptors (Lipinski definition) is 6. The van der Waals surface area contributed by atoms with Gasteiger partial charge in [-0.2, -0.15) is 5.10 Å². The number of benzene rings is 3. The zero-order valence-electron chi connectivity index (χ0n) is 22.4. The number of ether oxygens (including phenoxy) is 2. The molecule has 2 aliphatic heterocycles. The van der Waals surface area contributed by atoms with Crippen LogP contribution in [0.25, 0.3) is 16.9 Å². The number of aryl methyl sites for hydroxylation is 1. The summed E-state index contributed by atoms with van der Waals surface area (Å²) in [7, 11) is 0. The minimum absolute atomic E-state index is 0.0912. The summed E-state index contributed by atoms with van der Waals surface area (Å²) >= 11 is 1.53. The Balaban J connectivity index is 1.59. The molecule has 8 nitrogen and oxygen atoms in total. The van der Waals surface area contributed by atoms with Crippen LogP contribution in [0.5, 0.6) is 11.5 Å². The molecule has 3 heterocycles. The largest absolute Gasteiger partial charge is 0.454 e. The minimum Gasteiger partial charge on any atom is -0.454 e. The Morgan fingerprint density at radius 3 is 2.60 bits per heavy atom. The zero-order chi connectivity index (χ0) is 27.6. The number of rotatable bonds is 7. The van der Waals surface area contributed by atoms with Crippen molar-refractivity contribution in [2.75, 3.05) is 30.5 Å². The van der Waals surface area contributed by atoms with Crippen molar-refractivity contribution in [3.8, 4) is 28.4 Å². The van der Waals surface area contributed by atoms with E-state index in [1.807, 2.05) is 91.3 Å². The molecule has 0 saturated carbocycles. The molecule has 3 aromatic carbocycles. The molecule has 0 fully saturated rings. The first-order valence-corrected chi connectivity index (χ1v) is 14.4. The third-order valence-electron chi connectivity index (χ3n) is 6.99. The van der Waals surface area contributed by atoms with Gasteiger partial charge in [0.15, 0.2) is 11.5 Å². The highest BCUT2D eigenvalue weighted by molar-refractivity contribution is 8.00. The summed E-state index contributed by atoms with van der Waals surface area (Å²) in [5, 5.41) is 7.81. The molecule has 0 spiro atoms. The van der Waals surface area contributed by atoms with Gasteiger partial charge < -0.3 is 14.8 Å². The zero-order valence-corrected chi connectivity index (χ0v) is 23.2. The summed E-state index contributed by atoms with van der Waals surface area (Å²) in [6.07, 6.45) is 0.812. The summed E-state index contributed by atoms with van der Waals surface area (Å²) in [6, 6.07) is 23.9. The van der Waals surface area contributed by atoms with E-state index in [0.29, 0.717) is 23.9 Å². The lowest BCUT2D eigenvalue weighted by Gasteiger charge is -2.23. The Bertz CT molecular complexity index is 1550. The van der Waals surface area contributed by atoms with E-state index in [4.69, 9.17) is 14.6 Å². The van der Waals surface area contributed by atoms with E-state index in [2.05, 4.69) is 5.32 Å². The number of carbonyl (C=O) groups is 2. The number of carbonyl (C=O) groups excluding carboxylic acids is 2. The van der Waals surface area contributed by atoms with Crippen molar-refractivity contribution in [1.82, 2.24) is 15.1 Å². The maximum absolute atomic E-state index is 13.8. The number of amides is 2. The second kappa shape index (κ2) is 11.1. The lowest BCUT2D eigenvalue weighted by molar-refractivity contribution is -0.122. The predicted octanol–water partition coefficient (Wildman–Crippen LogP) is 5.27. The van der Waals surface area contributed by atoms with Crippen LogP contribution in [0.3, 0.4) is 0 Å². The van der Waals surface area contributed by atoms with Crippen molar-refractivity contribution < 1.29 is 19.1 Å². The summed E-state index contributed by atoms with van der Waals surface area (Å²) < 4.78 is 13.1. The summed E-state index contributed by atoms with van der Waals surface area (Å²) in [6.45, 7) is 4.67. The van der Waals surface area contributed by atoms with Gasteiger partial charge in [0.2, 0.25) is 18.6 Å². The van der Waals surface area contributed by atoms with Crippen molar-refractivity contribution in [2.24, 2.45) is 0 Å². The fourth-order valence-electron chi connectivity index (χ4n) is 5.00. The van der Waals surface area contributed by atoms with Gasteiger partial charge in [-0.1, -0.05) is 61.0 Å². The molecule has 0 saturated heterocycles. The molecule has 1 N–H and O–H groups in total. The van der Waals surface area contributed by atoms with Gasteiger partial charge >= 0.3 is 0 Å². The molecule has 1 atom stereocenters. The first-order chi connectivity index (χ1) is 19.5. The van der Waals surface area contributed by atoms with Gasteiger partial charge in [0.25, 0.3) is 0 Å². The Morgan fingerprint density at radius 2 is 1.82 bits per heavy atom. The molecular weight excluding hydrogens is 524 g/mol. The highest BCUT2D eigenvalue weighted by atomic mass is 32.2. The van der Waals surface area contributed by atoms with E-state index in [9.17, 15) is 9.59 Å². The summed E-state index contributed by atoms with van der Waals surface area (Å²) in [4.78, 5) is 28.4. The van der Waals surface area contributed by atoms with Crippen LogP contribution in [0.2, 0.25) is 0 Å². The number of anilines is 1. The fourth-order valence-corrected chi connectivity index (χ4v) is 6.19. The van der Waals surface area contributed by atoms with Crippen molar-refractivity contribution >= 4 is 29.4 Å². The monoisotopic (exact) mass is 554 g/mol. The van der Waals surface area contributed by atoms with Crippen LogP contribution >= 0.6 is 11.8 Å². The molecule has 2 amide bonds. The van der Waals surface area contributed by atoms with E-state index in [1.165, 1.54) is 11.8 Å². The quantitative estimate of drug-likeness (QED) is 0.335. The van der Waals surface area contributed by atoms with Gasteiger partial charge in [-0.05, 0) is 43.2 Å². The topological polar surface area (TPSA) is 85.7 Å². The number of hydrogen-bond donors (Lipinski definition) is 1. The molecule has 9 heteroatoms. The second-order valence-electron chi connectivity index (χ2n) is 9.83. The normalized spacial score (nSPS) is 16.0. The first kappa shape index (κ1) is 26.0. The van der Waals surface area contributed by atoms with Crippen molar-refractivity contribution in [1.29, 1.82) is 0 Å². The molecule has 0 radical (unpaired) electrons. The fraction of sp³-hybridized carbons (Fsp3) is 0.258. The maximum Gasteiger partial charge on any atom is 0.240 e. The van der Waals surface area contributed by atoms with Crippen LogP contribution in [0.1, 0.15) is 35.3 Å². The highest BCUT2D eigenvalue weighted by Gasteiger charge is 2.38. The standard InChI is InChI=1S/C31H30N4O4S/c1-3-15-32-26(36)17-34-27(37)18-40-30(22-11-14-24-25(16-22)39-19-38-24)28-29(21-7-5-4-6-8-21)33-35(31(28)34)23-12-9-20(2)10-13-23/h4-14,16,30H,3,15,17-19H2,1-2H3,(H,32,36)/t30-/m1/s1. The molecule has 6 rings (SSSR count). The van der Waals surface area contributed by atoms with E-state index in [1.54, 1.807) is 4.90 Å². The molecule has 0 unspecified atom stereocenters. The smallest absolute Gasteiger partial charge is 0.240 e. The Morgan fingerprint density at radius 1 is 1.05 bits per heavy atom. The average Bonchev–Trinajstić information content (AvgIpc) is 3.57. The molecule has 40 heavy (non-hydrogen) atoms. The van der Waals surface area contributed by atoms with Crippen LogP contribution in [-0.2, 0) is 9.59 Å². The van der Waals surface area contributed by atoms with Gasteiger partial charge in [-0.15, -0.1) is 11.8 Å². The Hall–Kier alpha value is -4.24. The van der Waals surface area contributed by atoms with Crippen LogP contribution in [0.4, 0.5) is 5.82 Å². The molecule has 2 aliphatic rings. The molecule has 0 bridgehead atoms. The van der Waals surface area contributed by atoms with E-state index < -0.39 is 0 Å². The third kappa shape index (κ3) is 4.93. The van der Waals surface area contributed by atoms with Crippen molar-refractivity contribution in [3.63, 3.8) is 0 Å². The second-order valence-corrected chi connectivity index (χ2v) is 10.9. The van der Waals surface area contributed by atoms with E-state index in [0.717, 1.165) is 40.1 Å². The van der Waals surface area contributed by atoms with Gasteiger partial charge in [-0.3, -0.25) is 14.5 Å². The van der Waals surface area contributed by atoms with Gasteiger partial charge in [0.05, 0.1) is 22.4 Å². The van der Waals surface area contributed by atoms with E-state index in [-0.39, 0.29) is 36.2 Å². The highest BCUT2D eigenvalue weighted by Crippen LogP contribution is 2.50. The first-order valence-electron chi connectivity index (χ1n) is 13.4. The summed E-state index contributed by atoms with van der Waals surface area (Å²) in [5.41, 5.74) is 5.48. The average molecular weight is 555 g/mol. The molecule has 204 valence electrons. The van der Waals surface area contributed by atoms with Gasteiger partial charge in [0.1, 0.15) is 12.4 Å². The maximum atomic E-state index is 13.8. The van der Waals surface area contributed by atoms with Crippen LogP contribution in [0.15, 0.2) is 72.8 Å². The number of thioether (sulfide) groups is 1. The van der Waals surface area contributed by atoms with Gasteiger partial charge in [-0.25, -0.2) is 4.68 Å². The number of nitrogens with one attached hydrogen (secondary N) is 1. The lowest BCUT2D eigenvalue weighted by Crippen LogP contribution is -2.42. The SMILES string of the molecule is CCCNC(=O)CN1C(=O)CS[C@H](c2ccc3c(c2)OCO3)c2c(-c3ccccc3)nn(-c3ccc(C)cc3)c21. The van der Waals surface area contributed by atoms with Crippen molar-refractivity contribution in [3.05, 3.63) is 89.5 Å². The predicted molar refractivity (Wildman–Crippen MR) is 156 cm³/mol. The third-order valence-corrected chi connectivity index (χ3v) is 8.24. The number of nitrogens with zero attached hydrogens (tertiary/aromatic N) is 3. The van der Waals surface area contributed by atoms with Crippen LogP contribution < -0.4 is 19.7 Å². The Labute approximate surface area is 237 Å². The minimum atomic E-state index is -0.244. The molecular formula is C31H30N4O4S. The number of aromatic nitrogens is 2. The van der Waals surface area contributed by atoms with Crippen molar-refractivity contribution in [2.45, 2.75) is 25.5 Å². The molecule has 0 aliphatic carbocycles. The van der Waals surface area contributed by atoms with Crippen LogP contribution in [0, 0.1) is 6.92 Å². The van der Waals surface area contributed by atoms with Gasteiger partial charge in [0, 0.05) is 17.7 Å². The number of fused-ring (bicyclic) bond motifs is 2. The molecule has 1 aromatic heterocycles. The summed E-state index contributed by atoms with van der Waals surface area (Å²) in [5.74, 6) is 1.84. The Kier molecular flexibility index (Phi) is 7.21. The van der Waals surface area contributed by atoms with Crippen LogP contribution in [-0.4, -0.2) is 47.2 Å². The molecule has 4 aromatic rings. The van der Waals surface area contributed by atoms with E-state index >= 15 is 0 Å².